The van der Waals surface area contributed by atoms with E-state index in [2.05, 4.69) is 5.32 Å². The predicted molar refractivity (Wildman–Crippen MR) is 127 cm³/mol. The molecule has 1 N–H and O–H groups in total. The van der Waals surface area contributed by atoms with Crippen LogP contribution in [-0.4, -0.2) is 57.6 Å². The Morgan fingerprint density at radius 3 is 2.58 bits per heavy atom. The van der Waals surface area contributed by atoms with Gasteiger partial charge >= 0.3 is 0 Å². The van der Waals surface area contributed by atoms with Crippen LogP contribution in [0.25, 0.3) is 0 Å². The molecule has 2 aromatic carbocycles. The molecule has 1 amide bonds. The fourth-order valence-corrected chi connectivity index (χ4v) is 5.13. The smallest absolute Gasteiger partial charge is 0.255 e. The molecule has 0 aliphatic carbocycles. The second-order valence-corrected chi connectivity index (χ2v) is 9.55. The number of amides is 1. The average molecular weight is 477 g/mol. The molecular weight excluding hydrogens is 444 g/mol. The van der Waals surface area contributed by atoms with E-state index in [4.69, 9.17) is 14.2 Å². The van der Waals surface area contributed by atoms with Gasteiger partial charge in [0.2, 0.25) is 10.0 Å². The molecule has 33 heavy (non-hydrogen) atoms. The van der Waals surface area contributed by atoms with Gasteiger partial charge in [-0.25, -0.2) is 8.42 Å². The van der Waals surface area contributed by atoms with E-state index in [-0.39, 0.29) is 11.0 Å². The molecule has 0 radical (unpaired) electrons. The molecule has 0 saturated carbocycles. The summed E-state index contributed by atoms with van der Waals surface area (Å²) in [5, 5.41) is 2.80. The van der Waals surface area contributed by atoms with Crippen molar-refractivity contribution >= 4 is 21.6 Å². The first-order valence-electron chi connectivity index (χ1n) is 11.3. The van der Waals surface area contributed by atoms with Crippen molar-refractivity contribution in [1.29, 1.82) is 0 Å². The van der Waals surface area contributed by atoms with Gasteiger partial charge in [0.05, 0.1) is 23.3 Å². The lowest BCUT2D eigenvalue weighted by Gasteiger charge is -2.20. The van der Waals surface area contributed by atoms with Gasteiger partial charge < -0.3 is 19.5 Å². The van der Waals surface area contributed by atoms with Crippen LogP contribution in [0, 0.1) is 0 Å². The summed E-state index contributed by atoms with van der Waals surface area (Å²) >= 11 is 0. The molecule has 1 fully saturated rings. The van der Waals surface area contributed by atoms with Crippen molar-refractivity contribution in [2.75, 3.05) is 38.2 Å². The van der Waals surface area contributed by atoms with Crippen LogP contribution >= 0.6 is 0 Å². The highest BCUT2D eigenvalue weighted by Crippen LogP contribution is 2.30. The molecule has 3 rings (SSSR count). The summed E-state index contributed by atoms with van der Waals surface area (Å²) in [5.41, 5.74) is 0.681. The minimum absolute atomic E-state index is 0.0757. The van der Waals surface area contributed by atoms with E-state index in [9.17, 15) is 13.2 Å². The number of ether oxygens (including phenoxy) is 3. The highest BCUT2D eigenvalue weighted by Gasteiger charge is 2.23. The molecule has 1 unspecified atom stereocenters. The maximum Gasteiger partial charge on any atom is 0.255 e. The van der Waals surface area contributed by atoms with Crippen molar-refractivity contribution < 1.29 is 27.4 Å². The van der Waals surface area contributed by atoms with Gasteiger partial charge in [-0.2, -0.15) is 4.31 Å². The molecule has 180 valence electrons. The third-order valence-corrected chi connectivity index (χ3v) is 7.44. The van der Waals surface area contributed by atoms with Gasteiger partial charge in [-0.05, 0) is 56.2 Å². The third kappa shape index (κ3) is 6.25. The second kappa shape index (κ2) is 11.5. The summed E-state index contributed by atoms with van der Waals surface area (Å²) in [5.74, 6) is 0.576. The molecule has 0 spiro atoms. The van der Waals surface area contributed by atoms with Crippen LogP contribution in [0.5, 0.6) is 11.5 Å². The number of nitrogens with one attached hydrogen (secondary N) is 1. The van der Waals surface area contributed by atoms with Crippen molar-refractivity contribution in [2.45, 2.75) is 44.6 Å². The molecule has 2 aromatic rings. The number of sulfonamides is 1. The van der Waals surface area contributed by atoms with E-state index >= 15 is 0 Å². The van der Waals surface area contributed by atoms with E-state index < -0.39 is 15.9 Å². The fourth-order valence-electron chi connectivity index (χ4n) is 3.65. The SMILES string of the molecule is CCOc1ccc(S(=O)(=O)N(CC)CC)cc1NC(=O)c1cccc(OCC2CCCO2)c1. The fraction of sp³-hybridized carbons (Fsp3) is 0.458. The standard InChI is InChI=1S/C24H32N2O6S/c1-4-26(5-2)33(28,29)21-12-13-23(30-6-3)22(16-21)25-24(27)18-9-7-10-19(15-18)32-17-20-11-8-14-31-20/h7,9-10,12-13,15-16,20H,4-6,8,11,14,17H2,1-3H3,(H,25,27). The zero-order chi connectivity index (χ0) is 23.8. The number of hydrogen-bond acceptors (Lipinski definition) is 6. The van der Waals surface area contributed by atoms with E-state index in [1.807, 2.05) is 6.92 Å². The number of carbonyl (C=O) groups excluding carboxylic acids is 1. The molecule has 1 aliphatic rings. The van der Waals surface area contributed by atoms with Crippen molar-refractivity contribution in [1.82, 2.24) is 4.31 Å². The third-order valence-electron chi connectivity index (χ3n) is 5.40. The van der Waals surface area contributed by atoms with E-state index in [0.29, 0.717) is 49.1 Å². The second-order valence-electron chi connectivity index (χ2n) is 7.61. The molecule has 1 heterocycles. The maximum absolute atomic E-state index is 13.0. The first-order valence-corrected chi connectivity index (χ1v) is 12.8. The Kier molecular flexibility index (Phi) is 8.71. The van der Waals surface area contributed by atoms with Gasteiger partial charge in [-0.3, -0.25) is 4.79 Å². The molecule has 0 bridgehead atoms. The number of carbonyl (C=O) groups is 1. The minimum atomic E-state index is -3.68. The number of hydrogen-bond donors (Lipinski definition) is 1. The molecular formula is C24H32N2O6S. The van der Waals surface area contributed by atoms with Crippen molar-refractivity contribution in [3.8, 4) is 11.5 Å². The van der Waals surface area contributed by atoms with Crippen LogP contribution in [0.2, 0.25) is 0 Å². The summed E-state index contributed by atoms with van der Waals surface area (Å²) in [6.45, 7) is 7.66. The highest BCUT2D eigenvalue weighted by atomic mass is 32.2. The maximum atomic E-state index is 13.0. The molecule has 0 aromatic heterocycles. The van der Waals surface area contributed by atoms with Crippen LogP contribution in [0.15, 0.2) is 47.4 Å². The van der Waals surface area contributed by atoms with Gasteiger partial charge in [0.15, 0.2) is 0 Å². The minimum Gasteiger partial charge on any atom is -0.492 e. The van der Waals surface area contributed by atoms with Crippen LogP contribution in [0.4, 0.5) is 5.69 Å². The van der Waals surface area contributed by atoms with Gasteiger partial charge in [0, 0.05) is 25.3 Å². The Morgan fingerprint density at radius 1 is 1.12 bits per heavy atom. The zero-order valence-corrected chi connectivity index (χ0v) is 20.2. The number of rotatable bonds is 11. The average Bonchev–Trinajstić information content (AvgIpc) is 3.33. The summed E-state index contributed by atoms with van der Waals surface area (Å²) in [6, 6.07) is 11.4. The summed E-state index contributed by atoms with van der Waals surface area (Å²) in [7, 11) is -3.68. The quantitative estimate of drug-likeness (QED) is 0.528. The van der Waals surface area contributed by atoms with Gasteiger partial charge in [-0.15, -0.1) is 0 Å². The number of benzene rings is 2. The van der Waals surface area contributed by atoms with Crippen LogP contribution in [0.3, 0.4) is 0 Å². The Labute approximate surface area is 195 Å². The Hall–Kier alpha value is -2.62. The van der Waals surface area contributed by atoms with E-state index in [1.54, 1.807) is 44.2 Å². The molecule has 1 aliphatic heterocycles. The molecule has 8 nitrogen and oxygen atoms in total. The van der Waals surface area contributed by atoms with Crippen molar-refractivity contribution in [3.05, 3.63) is 48.0 Å². The lowest BCUT2D eigenvalue weighted by Crippen LogP contribution is -2.30. The van der Waals surface area contributed by atoms with E-state index in [0.717, 1.165) is 19.4 Å². The summed E-state index contributed by atoms with van der Waals surface area (Å²) in [6.07, 6.45) is 2.07. The van der Waals surface area contributed by atoms with Crippen molar-refractivity contribution in [3.63, 3.8) is 0 Å². The lowest BCUT2D eigenvalue weighted by atomic mass is 10.2. The van der Waals surface area contributed by atoms with Crippen LogP contribution < -0.4 is 14.8 Å². The van der Waals surface area contributed by atoms with E-state index in [1.165, 1.54) is 16.4 Å². The predicted octanol–water partition coefficient (Wildman–Crippen LogP) is 3.93. The molecule has 1 atom stereocenters. The Morgan fingerprint density at radius 2 is 1.91 bits per heavy atom. The van der Waals surface area contributed by atoms with Gasteiger partial charge in [-0.1, -0.05) is 19.9 Å². The van der Waals surface area contributed by atoms with Crippen LogP contribution in [-0.2, 0) is 14.8 Å². The van der Waals surface area contributed by atoms with Gasteiger partial charge in [0.25, 0.3) is 5.91 Å². The largest absolute Gasteiger partial charge is 0.492 e. The Bertz CT molecular complexity index is 1050. The monoisotopic (exact) mass is 476 g/mol. The van der Waals surface area contributed by atoms with Gasteiger partial charge in [0.1, 0.15) is 18.1 Å². The zero-order valence-electron chi connectivity index (χ0n) is 19.4. The molecule has 1 saturated heterocycles. The molecule has 9 heteroatoms. The van der Waals surface area contributed by atoms with Crippen molar-refractivity contribution in [2.24, 2.45) is 0 Å². The highest BCUT2D eigenvalue weighted by molar-refractivity contribution is 7.89. The summed E-state index contributed by atoms with van der Waals surface area (Å²) < 4.78 is 44.2. The number of nitrogens with zero attached hydrogens (tertiary/aromatic N) is 1. The topological polar surface area (TPSA) is 94.2 Å². The lowest BCUT2D eigenvalue weighted by molar-refractivity contribution is 0.0679. The Balaban J connectivity index is 1.81. The summed E-state index contributed by atoms with van der Waals surface area (Å²) in [4.78, 5) is 13.1. The number of anilines is 1. The first-order chi connectivity index (χ1) is 15.9. The van der Waals surface area contributed by atoms with Crippen LogP contribution in [0.1, 0.15) is 44.0 Å². The normalized spacial score (nSPS) is 16.1. The first kappa shape index (κ1) is 25.0.